The van der Waals surface area contributed by atoms with Crippen molar-refractivity contribution in [1.82, 2.24) is 0 Å². The fourth-order valence-electron chi connectivity index (χ4n) is 1.81. The Morgan fingerprint density at radius 1 is 1.21 bits per heavy atom. The van der Waals surface area contributed by atoms with Crippen LogP contribution in [0.1, 0.15) is 6.92 Å². The summed E-state index contributed by atoms with van der Waals surface area (Å²) in [5.74, 6) is -0.912. The van der Waals surface area contributed by atoms with E-state index in [1.165, 1.54) is 17.8 Å². The van der Waals surface area contributed by atoms with Crippen LogP contribution in [0.15, 0.2) is 42.5 Å². The second-order valence-electron chi connectivity index (χ2n) is 4.93. The summed E-state index contributed by atoms with van der Waals surface area (Å²) in [5, 5.41) is 2.84. The summed E-state index contributed by atoms with van der Waals surface area (Å²) in [5.41, 5.74) is 0.226. The summed E-state index contributed by atoms with van der Waals surface area (Å²) < 4.78 is 31.5. The molecule has 2 rings (SSSR count). The molecule has 3 nitrogen and oxygen atoms in total. The van der Waals surface area contributed by atoms with Gasteiger partial charge in [-0.2, -0.15) is 0 Å². The zero-order valence-electron chi connectivity index (χ0n) is 12.9. The highest BCUT2D eigenvalue weighted by atomic mass is 35.5. The molecule has 128 valence electrons. The third-order valence-corrected chi connectivity index (χ3v) is 4.46. The molecular weight excluding hydrogens is 356 g/mol. The van der Waals surface area contributed by atoms with Gasteiger partial charge in [0.1, 0.15) is 5.75 Å². The highest BCUT2D eigenvalue weighted by Gasteiger charge is 2.14. The Morgan fingerprint density at radius 3 is 2.58 bits per heavy atom. The van der Waals surface area contributed by atoms with Crippen LogP contribution in [0.25, 0.3) is 0 Å². The molecule has 1 N–H and O–H groups in total. The number of halogens is 3. The summed E-state index contributed by atoms with van der Waals surface area (Å²) in [7, 11) is 0. The Balaban J connectivity index is 1.73. The van der Waals surface area contributed by atoms with Gasteiger partial charge in [-0.15, -0.1) is 11.8 Å². The number of rotatable bonds is 7. The molecule has 0 spiro atoms. The molecule has 1 atom stereocenters. The van der Waals surface area contributed by atoms with Crippen molar-refractivity contribution in [3.05, 3.63) is 59.1 Å². The van der Waals surface area contributed by atoms with Crippen LogP contribution in [-0.4, -0.2) is 23.5 Å². The molecule has 0 unspecified atom stereocenters. The number of thioether (sulfide) groups is 1. The van der Waals surface area contributed by atoms with Crippen LogP contribution in [0.3, 0.4) is 0 Å². The third-order valence-electron chi connectivity index (χ3n) is 3.09. The molecule has 24 heavy (non-hydrogen) atoms. The van der Waals surface area contributed by atoms with Gasteiger partial charge in [0.2, 0.25) is 5.91 Å². The van der Waals surface area contributed by atoms with E-state index in [1.807, 2.05) is 0 Å². The maximum atomic E-state index is 13.1. The van der Waals surface area contributed by atoms with Gasteiger partial charge in [0.25, 0.3) is 0 Å². The number of carbonyl (C=O) groups excluding carboxylic acids is 1. The summed E-state index contributed by atoms with van der Waals surface area (Å²) in [6.45, 7) is 2.18. The zero-order valence-corrected chi connectivity index (χ0v) is 14.5. The maximum absolute atomic E-state index is 13.1. The fraction of sp³-hybridized carbons (Fsp3) is 0.235. The van der Waals surface area contributed by atoms with E-state index in [4.69, 9.17) is 16.3 Å². The largest absolute Gasteiger partial charge is 0.493 e. The number of benzene rings is 2. The molecule has 2 aromatic rings. The number of carbonyl (C=O) groups is 1. The molecule has 0 heterocycles. The Labute approximate surface area is 148 Å². The van der Waals surface area contributed by atoms with Crippen LogP contribution < -0.4 is 10.1 Å². The molecule has 0 saturated carbocycles. The van der Waals surface area contributed by atoms with Gasteiger partial charge >= 0.3 is 0 Å². The molecule has 0 aromatic heterocycles. The van der Waals surface area contributed by atoms with Crippen molar-refractivity contribution < 1.29 is 18.3 Å². The van der Waals surface area contributed by atoms with E-state index < -0.39 is 11.6 Å². The normalized spacial score (nSPS) is 11.8. The number of ether oxygens (including phenoxy) is 1. The van der Waals surface area contributed by atoms with Crippen LogP contribution in [0.5, 0.6) is 5.75 Å². The first kappa shape index (κ1) is 18.5. The van der Waals surface area contributed by atoms with Gasteiger partial charge in [0.05, 0.1) is 11.9 Å². The monoisotopic (exact) mass is 371 g/mol. The summed E-state index contributed by atoms with van der Waals surface area (Å²) in [4.78, 5) is 12.0. The minimum absolute atomic E-state index is 0.226. The SMILES string of the molecule is C[C@H](SCCOc1ccc(Cl)cc1)C(=O)Nc1ccc(F)c(F)c1. The number of hydrogen-bond donors (Lipinski definition) is 1. The average Bonchev–Trinajstić information content (AvgIpc) is 2.56. The lowest BCUT2D eigenvalue weighted by atomic mass is 10.3. The van der Waals surface area contributed by atoms with E-state index in [9.17, 15) is 13.6 Å². The van der Waals surface area contributed by atoms with Crippen LogP contribution in [0.4, 0.5) is 14.5 Å². The fourth-order valence-corrected chi connectivity index (χ4v) is 2.68. The van der Waals surface area contributed by atoms with E-state index in [0.29, 0.717) is 23.1 Å². The lowest BCUT2D eigenvalue weighted by Gasteiger charge is -2.12. The van der Waals surface area contributed by atoms with Crippen LogP contribution >= 0.6 is 23.4 Å². The van der Waals surface area contributed by atoms with E-state index in [-0.39, 0.29) is 16.8 Å². The minimum atomic E-state index is -0.996. The molecular formula is C17H16ClF2NO2S. The predicted octanol–water partition coefficient (Wildman–Crippen LogP) is 4.76. The van der Waals surface area contributed by atoms with Crippen molar-refractivity contribution in [2.75, 3.05) is 17.7 Å². The van der Waals surface area contributed by atoms with Crippen molar-refractivity contribution in [2.24, 2.45) is 0 Å². The minimum Gasteiger partial charge on any atom is -0.493 e. The molecule has 0 aliphatic heterocycles. The third kappa shape index (κ3) is 5.69. The first-order valence-corrected chi connectivity index (χ1v) is 8.64. The maximum Gasteiger partial charge on any atom is 0.237 e. The van der Waals surface area contributed by atoms with Crippen molar-refractivity contribution >= 4 is 35.0 Å². The summed E-state index contributed by atoms with van der Waals surface area (Å²) >= 11 is 7.19. The van der Waals surface area contributed by atoms with Gasteiger partial charge in [-0.3, -0.25) is 4.79 Å². The van der Waals surface area contributed by atoms with Gasteiger partial charge in [-0.25, -0.2) is 8.78 Å². The van der Waals surface area contributed by atoms with Crippen molar-refractivity contribution in [3.8, 4) is 5.75 Å². The van der Waals surface area contributed by atoms with E-state index in [2.05, 4.69) is 5.32 Å². The van der Waals surface area contributed by atoms with Gasteiger partial charge in [-0.05, 0) is 43.3 Å². The molecule has 0 bridgehead atoms. The standard InChI is InChI=1S/C17H16ClF2NO2S/c1-11(17(22)21-13-4-7-15(19)16(20)10-13)24-9-8-23-14-5-2-12(18)3-6-14/h2-7,10-11H,8-9H2,1H3,(H,21,22)/t11-/m0/s1. The van der Waals surface area contributed by atoms with Gasteiger partial charge < -0.3 is 10.1 Å². The first-order chi connectivity index (χ1) is 11.5. The quantitative estimate of drug-likeness (QED) is 0.713. The van der Waals surface area contributed by atoms with Crippen LogP contribution in [-0.2, 0) is 4.79 Å². The molecule has 0 fully saturated rings. The van der Waals surface area contributed by atoms with Crippen molar-refractivity contribution in [3.63, 3.8) is 0 Å². The second-order valence-corrected chi connectivity index (χ2v) is 6.82. The van der Waals surface area contributed by atoms with Gasteiger partial charge in [0, 0.05) is 22.5 Å². The lowest BCUT2D eigenvalue weighted by Crippen LogP contribution is -2.23. The smallest absolute Gasteiger partial charge is 0.237 e. The average molecular weight is 372 g/mol. The highest BCUT2D eigenvalue weighted by Crippen LogP contribution is 2.18. The Bertz CT molecular complexity index is 697. The van der Waals surface area contributed by atoms with E-state index >= 15 is 0 Å². The lowest BCUT2D eigenvalue weighted by molar-refractivity contribution is -0.115. The van der Waals surface area contributed by atoms with Crippen molar-refractivity contribution in [2.45, 2.75) is 12.2 Å². The highest BCUT2D eigenvalue weighted by molar-refractivity contribution is 8.00. The number of amides is 1. The summed E-state index contributed by atoms with van der Waals surface area (Å²) in [6.07, 6.45) is 0. The molecule has 0 aliphatic rings. The second kappa shape index (κ2) is 8.89. The van der Waals surface area contributed by atoms with Crippen LogP contribution in [0.2, 0.25) is 5.02 Å². The molecule has 7 heteroatoms. The number of anilines is 1. The predicted molar refractivity (Wildman–Crippen MR) is 93.9 cm³/mol. The Morgan fingerprint density at radius 2 is 1.92 bits per heavy atom. The van der Waals surface area contributed by atoms with Crippen LogP contribution in [0, 0.1) is 11.6 Å². The van der Waals surface area contributed by atoms with Gasteiger partial charge in [0.15, 0.2) is 11.6 Å². The zero-order chi connectivity index (χ0) is 17.5. The summed E-state index contributed by atoms with van der Waals surface area (Å²) in [6, 6.07) is 10.3. The number of nitrogens with one attached hydrogen (secondary N) is 1. The molecule has 0 radical (unpaired) electrons. The molecule has 0 aliphatic carbocycles. The Hall–Kier alpha value is -1.79. The van der Waals surface area contributed by atoms with Gasteiger partial charge in [-0.1, -0.05) is 11.6 Å². The Kier molecular flexibility index (Phi) is 6.87. The van der Waals surface area contributed by atoms with Crippen molar-refractivity contribution in [1.29, 1.82) is 0 Å². The topological polar surface area (TPSA) is 38.3 Å². The van der Waals surface area contributed by atoms with E-state index in [1.54, 1.807) is 31.2 Å². The van der Waals surface area contributed by atoms with E-state index in [0.717, 1.165) is 12.1 Å². The molecule has 1 amide bonds. The first-order valence-electron chi connectivity index (χ1n) is 7.21. The number of hydrogen-bond acceptors (Lipinski definition) is 3. The molecule has 0 saturated heterocycles. The molecule has 2 aromatic carbocycles.